The van der Waals surface area contributed by atoms with Gasteiger partial charge in [-0.2, -0.15) is 11.3 Å². The second-order valence-corrected chi connectivity index (χ2v) is 7.24. The predicted molar refractivity (Wildman–Crippen MR) is 102 cm³/mol. The molecule has 0 spiro atoms. The Labute approximate surface area is 155 Å². The predicted octanol–water partition coefficient (Wildman–Crippen LogP) is 3.48. The first-order valence-electron chi connectivity index (χ1n) is 8.28. The normalized spacial score (nSPS) is 12.5. The third kappa shape index (κ3) is 3.73. The Balaban J connectivity index is 1.89. The van der Waals surface area contributed by atoms with Crippen LogP contribution in [0, 0.1) is 19.7 Å². The number of nitrogens with zero attached hydrogens (tertiary/aromatic N) is 3. The first-order valence-corrected chi connectivity index (χ1v) is 9.22. The van der Waals surface area contributed by atoms with Crippen LogP contribution in [-0.4, -0.2) is 41.4 Å². The fourth-order valence-electron chi connectivity index (χ4n) is 2.82. The smallest absolute Gasteiger partial charge is 0.253 e. The van der Waals surface area contributed by atoms with Gasteiger partial charge in [0.1, 0.15) is 11.3 Å². The molecule has 2 heterocycles. The average molecular weight is 372 g/mol. The van der Waals surface area contributed by atoms with Gasteiger partial charge in [0.05, 0.1) is 28.5 Å². The molecule has 1 N–H and O–H groups in total. The Hall–Kier alpha value is -2.38. The molecule has 136 valence electrons. The van der Waals surface area contributed by atoms with Crippen molar-refractivity contribution in [2.75, 3.05) is 20.6 Å². The van der Waals surface area contributed by atoms with Gasteiger partial charge in [-0.1, -0.05) is 0 Å². The first kappa shape index (κ1) is 18.4. The third-order valence-corrected chi connectivity index (χ3v) is 5.10. The van der Waals surface area contributed by atoms with Gasteiger partial charge in [0, 0.05) is 12.6 Å². The zero-order valence-corrected chi connectivity index (χ0v) is 16.0. The molecular weight excluding hydrogens is 351 g/mol. The molecule has 0 fully saturated rings. The number of aromatic nitrogens is 2. The Morgan fingerprint density at radius 1 is 1.27 bits per heavy atom. The number of carbonyl (C=O) groups excluding carboxylic acids is 1. The molecule has 1 amide bonds. The molecule has 1 aromatic carbocycles. The van der Waals surface area contributed by atoms with Crippen molar-refractivity contribution in [3.8, 4) is 0 Å². The monoisotopic (exact) mass is 372 g/mol. The Bertz CT molecular complexity index is 940. The van der Waals surface area contributed by atoms with E-state index >= 15 is 0 Å². The second-order valence-electron chi connectivity index (χ2n) is 6.46. The van der Waals surface area contributed by atoms with E-state index in [0.717, 1.165) is 17.0 Å². The number of fused-ring (bicyclic) bond motifs is 1. The van der Waals surface area contributed by atoms with Crippen LogP contribution in [0.4, 0.5) is 4.39 Å². The van der Waals surface area contributed by atoms with E-state index in [1.54, 1.807) is 11.3 Å². The summed E-state index contributed by atoms with van der Waals surface area (Å²) in [6.07, 6.45) is 0. The summed E-state index contributed by atoms with van der Waals surface area (Å²) in [6.45, 7) is 4.05. The zero-order valence-electron chi connectivity index (χ0n) is 15.2. The van der Waals surface area contributed by atoms with E-state index in [-0.39, 0.29) is 17.5 Å². The molecule has 1 atom stereocenters. The summed E-state index contributed by atoms with van der Waals surface area (Å²) in [6, 6.07) is 4.60. The molecule has 26 heavy (non-hydrogen) atoms. The van der Waals surface area contributed by atoms with E-state index in [9.17, 15) is 9.18 Å². The number of hydrogen-bond donors (Lipinski definition) is 1. The van der Waals surface area contributed by atoms with Gasteiger partial charge in [0.25, 0.3) is 5.91 Å². The number of rotatable bonds is 5. The summed E-state index contributed by atoms with van der Waals surface area (Å²) in [5.41, 5.74) is 3.60. The maximum Gasteiger partial charge on any atom is 0.253 e. The van der Waals surface area contributed by atoms with Crippen molar-refractivity contribution in [2.24, 2.45) is 0 Å². The van der Waals surface area contributed by atoms with Crippen LogP contribution >= 0.6 is 11.3 Å². The Morgan fingerprint density at radius 2 is 2.00 bits per heavy atom. The molecule has 0 aliphatic carbocycles. The number of amides is 1. The van der Waals surface area contributed by atoms with E-state index in [1.165, 1.54) is 12.1 Å². The number of thiophene rings is 1. The SMILES string of the molecule is Cc1nc2cc(F)cc(C(=O)NCC(c3ccsc3)N(C)C)c2nc1C. The van der Waals surface area contributed by atoms with E-state index < -0.39 is 5.82 Å². The van der Waals surface area contributed by atoms with Crippen molar-refractivity contribution in [2.45, 2.75) is 19.9 Å². The van der Waals surface area contributed by atoms with Crippen molar-refractivity contribution in [1.82, 2.24) is 20.2 Å². The fourth-order valence-corrected chi connectivity index (χ4v) is 3.53. The highest BCUT2D eigenvalue weighted by Gasteiger charge is 2.19. The van der Waals surface area contributed by atoms with Crippen molar-refractivity contribution in [3.05, 3.63) is 57.3 Å². The molecular formula is C19H21FN4OS. The van der Waals surface area contributed by atoms with Crippen LogP contribution in [0.5, 0.6) is 0 Å². The van der Waals surface area contributed by atoms with Gasteiger partial charge in [-0.3, -0.25) is 4.79 Å². The minimum atomic E-state index is -0.498. The maximum atomic E-state index is 14.0. The summed E-state index contributed by atoms with van der Waals surface area (Å²) >= 11 is 1.62. The number of carbonyl (C=O) groups is 1. The molecule has 0 saturated carbocycles. The van der Waals surface area contributed by atoms with Crippen LogP contribution in [0.2, 0.25) is 0 Å². The van der Waals surface area contributed by atoms with Gasteiger partial charge in [-0.15, -0.1) is 0 Å². The number of aryl methyl sites for hydroxylation is 2. The first-order chi connectivity index (χ1) is 12.4. The van der Waals surface area contributed by atoms with E-state index in [2.05, 4.69) is 20.7 Å². The molecule has 0 aliphatic heterocycles. The van der Waals surface area contributed by atoms with Crippen molar-refractivity contribution >= 4 is 28.3 Å². The average Bonchev–Trinajstić information content (AvgIpc) is 3.09. The highest BCUT2D eigenvalue weighted by molar-refractivity contribution is 7.07. The number of nitrogens with one attached hydrogen (secondary N) is 1. The lowest BCUT2D eigenvalue weighted by Crippen LogP contribution is -2.34. The second kappa shape index (κ2) is 7.47. The maximum absolute atomic E-state index is 14.0. The molecule has 0 bridgehead atoms. The lowest BCUT2D eigenvalue weighted by Gasteiger charge is -2.24. The third-order valence-electron chi connectivity index (χ3n) is 4.40. The van der Waals surface area contributed by atoms with Gasteiger partial charge < -0.3 is 10.2 Å². The molecule has 5 nitrogen and oxygen atoms in total. The van der Waals surface area contributed by atoms with Gasteiger partial charge >= 0.3 is 0 Å². The minimum Gasteiger partial charge on any atom is -0.350 e. The summed E-state index contributed by atoms with van der Waals surface area (Å²) in [7, 11) is 3.92. The van der Waals surface area contributed by atoms with Crippen molar-refractivity contribution in [1.29, 1.82) is 0 Å². The highest BCUT2D eigenvalue weighted by atomic mass is 32.1. The van der Waals surface area contributed by atoms with Crippen LogP contribution < -0.4 is 5.32 Å². The lowest BCUT2D eigenvalue weighted by molar-refractivity contribution is 0.0943. The van der Waals surface area contributed by atoms with Gasteiger partial charge in [0.2, 0.25) is 0 Å². The molecule has 3 aromatic rings. The molecule has 0 radical (unpaired) electrons. The van der Waals surface area contributed by atoms with Gasteiger partial charge in [-0.05, 0) is 56.4 Å². The standard InChI is InChI=1S/C19H21FN4OS/c1-11-12(2)23-18-15(7-14(20)8-16(18)22-11)19(25)21-9-17(24(3)4)13-5-6-26-10-13/h5-8,10,17H,9H2,1-4H3,(H,21,25). The molecule has 2 aromatic heterocycles. The van der Waals surface area contributed by atoms with Crippen LogP contribution in [-0.2, 0) is 0 Å². The fraction of sp³-hybridized carbons (Fsp3) is 0.316. The number of hydrogen-bond acceptors (Lipinski definition) is 5. The number of likely N-dealkylation sites (N-methyl/N-ethyl adjacent to an activating group) is 1. The molecule has 1 unspecified atom stereocenters. The summed E-state index contributed by atoms with van der Waals surface area (Å²) < 4.78 is 14.0. The van der Waals surface area contributed by atoms with Gasteiger partial charge in [-0.25, -0.2) is 14.4 Å². The quantitative estimate of drug-likeness (QED) is 0.745. The summed E-state index contributed by atoms with van der Waals surface area (Å²) in [5.74, 6) is -0.851. The Kier molecular flexibility index (Phi) is 5.29. The molecule has 0 saturated heterocycles. The molecule has 0 aliphatic rings. The number of halogens is 1. The van der Waals surface area contributed by atoms with E-state index in [4.69, 9.17) is 0 Å². The topological polar surface area (TPSA) is 58.1 Å². The lowest BCUT2D eigenvalue weighted by atomic mass is 10.1. The van der Waals surface area contributed by atoms with Crippen molar-refractivity contribution in [3.63, 3.8) is 0 Å². The van der Waals surface area contributed by atoms with Crippen LogP contribution in [0.1, 0.15) is 33.4 Å². The van der Waals surface area contributed by atoms with Crippen LogP contribution in [0.25, 0.3) is 11.0 Å². The number of benzene rings is 1. The van der Waals surface area contributed by atoms with E-state index in [1.807, 2.05) is 44.3 Å². The minimum absolute atomic E-state index is 0.0417. The van der Waals surface area contributed by atoms with Crippen LogP contribution in [0.3, 0.4) is 0 Å². The van der Waals surface area contributed by atoms with Crippen molar-refractivity contribution < 1.29 is 9.18 Å². The van der Waals surface area contributed by atoms with Gasteiger partial charge in [0.15, 0.2) is 0 Å². The Morgan fingerprint density at radius 3 is 2.65 bits per heavy atom. The summed E-state index contributed by atoms with van der Waals surface area (Å²) in [4.78, 5) is 23.6. The summed E-state index contributed by atoms with van der Waals surface area (Å²) in [5, 5.41) is 6.98. The van der Waals surface area contributed by atoms with E-state index in [0.29, 0.717) is 17.6 Å². The van der Waals surface area contributed by atoms with Crippen LogP contribution in [0.15, 0.2) is 29.0 Å². The largest absolute Gasteiger partial charge is 0.350 e. The zero-order chi connectivity index (χ0) is 18.8. The highest BCUT2D eigenvalue weighted by Crippen LogP contribution is 2.22. The molecule has 7 heteroatoms. The molecule has 3 rings (SSSR count).